The molecule has 1 atom stereocenters. The summed E-state index contributed by atoms with van der Waals surface area (Å²) in [5, 5.41) is 4.84. The minimum absolute atomic E-state index is 0.112. The van der Waals surface area contributed by atoms with Gasteiger partial charge in [-0.3, -0.25) is 4.79 Å². The number of carbonyl (C=O) groups is 1. The van der Waals surface area contributed by atoms with E-state index in [9.17, 15) is 13.2 Å². The molecule has 1 N–H and O–H groups in total. The number of sulfonamides is 1. The van der Waals surface area contributed by atoms with Crippen molar-refractivity contribution in [3.05, 3.63) is 66.2 Å². The number of methoxy groups -OCH3 is 2. The van der Waals surface area contributed by atoms with E-state index in [1.54, 1.807) is 26.4 Å². The quantitative estimate of drug-likeness (QED) is 0.530. The van der Waals surface area contributed by atoms with Gasteiger partial charge in [0, 0.05) is 19.6 Å². The highest BCUT2D eigenvalue weighted by Gasteiger charge is 2.33. The van der Waals surface area contributed by atoms with Gasteiger partial charge in [-0.15, -0.1) is 0 Å². The van der Waals surface area contributed by atoms with Crippen LogP contribution in [0.25, 0.3) is 10.8 Å². The van der Waals surface area contributed by atoms with Crippen molar-refractivity contribution in [2.75, 3.05) is 33.9 Å². The number of fused-ring (bicyclic) bond motifs is 1. The lowest BCUT2D eigenvalue weighted by Crippen LogP contribution is -2.45. The Morgan fingerprint density at radius 2 is 1.76 bits per heavy atom. The van der Waals surface area contributed by atoms with Gasteiger partial charge in [-0.25, -0.2) is 8.42 Å². The molecular weight excluding hydrogens is 452 g/mol. The van der Waals surface area contributed by atoms with E-state index in [0.29, 0.717) is 43.9 Å². The van der Waals surface area contributed by atoms with Crippen LogP contribution in [0.3, 0.4) is 0 Å². The summed E-state index contributed by atoms with van der Waals surface area (Å²) in [4.78, 5) is 13.1. The van der Waals surface area contributed by atoms with Crippen LogP contribution in [0.5, 0.6) is 11.5 Å². The fourth-order valence-electron chi connectivity index (χ4n) is 4.36. The van der Waals surface area contributed by atoms with Gasteiger partial charge < -0.3 is 14.8 Å². The molecule has 1 aliphatic rings. The Morgan fingerprint density at radius 3 is 2.53 bits per heavy atom. The molecule has 180 valence electrons. The second kappa shape index (κ2) is 10.4. The van der Waals surface area contributed by atoms with E-state index in [1.165, 1.54) is 4.31 Å². The lowest BCUT2D eigenvalue weighted by Gasteiger charge is -2.31. The van der Waals surface area contributed by atoms with Gasteiger partial charge in [0.05, 0.1) is 25.0 Å². The molecule has 3 aromatic carbocycles. The van der Waals surface area contributed by atoms with Crippen molar-refractivity contribution in [1.82, 2.24) is 9.62 Å². The summed E-state index contributed by atoms with van der Waals surface area (Å²) < 4.78 is 38.6. The lowest BCUT2D eigenvalue weighted by atomic mass is 9.99. The number of hydrogen-bond donors (Lipinski definition) is 1. The Bertz CT molecular complexity index is 1280. The lowest BCUT2D eigenvalue weighted by molar-refractivity contribution is -0.126. The third kappa shape index (κ3) is 5.18. The fraction of sp³-hybridized carbons (Fsp3) is 0.346. The predicted molar refractivity (Wildman–Crippen MR) is 132 cm³/mol. The van der Waals surface area contributed by atoms with Gasteiger partial charge in [0.2, 0.25) is 15.9 Å². The van der Waals surface area contributed by atoms with Crippen LogP contribution in [0, 0.1) is 5.92 Å². The van der Waals surface area contributed by atoms with E-state index in [2.05, 4.69) is 5.32 Å². The third-order valence-corrected chi connectivity index (χ3v) is 8.14. The molecule has 0 aromatic heterocycles. The van der Waals surface area contributed by atoms with Gasteiger partial charge in [-0.05, 0) is 59.9 Å². The molecule has 0 radical (unpaired) electrons. The molecule has 1 heterocycles. The second-order valence-corrected chi connectivity index (χ2v) is 10.4. The zero-order chi connectivity index (χ0) is 24.1. The number of nitrogens with zero attached hydrogens (tertiary/aromatic N) is 1. The van der Waals surface area contributed by atoms with Crippen LogP contribution in [0.15, 0.2) is 65.6 Å². The summed E-state index contributed by atoms with van der Waals surface area (Å²) in [5.41, 5.74) is 1.02. The number of benzene rings is 3. The first-order chi connectivity index (χ1) is 16.4. The van der Waals surface area contributed by atoms with Crippen LogP contribution in [-0.2, 0) is 21.2 Å². The summed E-state index contributed by atoms with van der Waals surface area (Å²) in [6, 6.07) is 18.5. The summed E-state index contributed by atoms with van der Waals surface area (Å²) in [6.45, 7) is 1.07. The molecule has 34 heavy (non-hydrogen) atoms. The maximum Gasteiger partial charge on any atom is 0.243 e. The molecule has 1 fully saturated rings. The van der Waals surface area contributed by atoms with Gasteiger partial charge in [0.25, 0.3) is 0 Å². The molecule has 0 saturated carbocycles. The minimum atomic E-state index is -3.67. The van der Waals surface area contributed by atoms with Crippen molar-refractivity contribution >= 4 is 26.7 Å². The average Bonchev–Trinajstić information content (AvgIpc) is 2.88. The van der Waals surface area contributed by atoms with E-state index in [4.69, 9.17) is 9.47 Å². The van der Waals surface area contributed by atoms with E-state index in [0.717, 1.165) is 16.3 Å². The standard InChI is InChI=1S/C26H30N2O5S/c1-32-24-12-9-19(16-25(24)33-2)13-14-27-26(29)22-8-5-15-28(18-22)34(30,31)23-11-10-20-6-3-4-7-21(20)17-23/h3-4,6-7,9-12,16-17,22H,5,8,13-15,18H2,1-2H3,(H,27,29)/t22-/m0/s1. The molecule has 0 unspecified atom stereocenters. The fourth-order valence-corrected chi connectivity index (χ4v) is 5.92. The van der Waals surface area contributed by atoms with Crippen molar-refractivity contribution in [1.29, 1.82) is 0 Å². The molecule has 1 saturated heterocycles. The zero-order valence-electron chi connectivity index (χ0n) is 19.5. The SMILES string of the molecule is COc1ccc(CCNC(=O)[C@H]2CCCN(S(=O)(=O)c3ccc4ccccc4c3)C2)cc1OC. The molecule has 1 amide bonds. The Morgan fingerprint density at radius 1 is 1.00 bits per heavy atom. The number of rotatable bonds is 8. The number of hydrogen-bond acceptors (Lipinski definition) is 5. The van der Waals surface area contributed by atoms with Crippen LogP contribution in [-0.4, -0.2) is 52.5 Å². The van der Waals surface area contributed by atoms with Gasteiger partial charge in [-0.1, -0.05) is 36.4 Å². The first-order valence-electron chi connectivity index (χ1n) is 11.4. The summed E-state index contributed by atoms with van der Waals surface area (Å²) >= 11 is 0. The maximum absolute atomic E-state index is 13.3. The molecule has 7 nitrogen and oxygen atoms in total. The van der Waals surface area contributed by atoms with Crippen molar-refractivity contribution in [3.63, 3.8) is 0 Å². The number of carbonyl (C=O) groups excluding carboxylic acids is 1. The normalized spacial score (nSPS) is 16.8. The first-order valence-corrected chi connectivity index (χ1v) is 12.8. The van der Waals surface area contributed by atoms with Gasteiger partial charge >= 0.3 is 0 Å². The highest BCUT2D eigenvalue weighted by atomic mass is 32.2. The third-order valence-electron chi connectivity index (χ3n) is 6.27. The van der Waals surface area contributed by atoms with Crippen molar-refractivity contribution in [3.8, 4) is 11.5 Å². The highest BCUT2D eigenvalue weighted by molar-refractivity contribution is 7.89. The topological polar surface area (TPSA) is 84.9 Å². The average molecular weight is 483 g/mol. The molecule has 8 heteroatoms. The largest absolute Gasteiger partial charge is 0.493 e. The number of piperidine rings is 1. The smallest absolute Gasteiger partial charge is 0.243 e. The number of nitrogens with one attached hydrogen (secondary N) is 1. The van der Waals surface area contributed by atoms with E-state index in [-0.39, 0.29) is 23.3 Å². The Labute approximate surface area is 200 Å². The molecule has 4 rings (SSSR count). The Kier molecular flexibility index (Phi) is 7.38. The van der Waals surface area contributed by atoms with Crippen LogP contribution in [0.4, 0.5) is 0 Å². The molecular formula is C26H30N2O5S. The zero-order valence-corrected chi connectivity index (χ0v) is 20.3. The number of amides is 1. The van der Waals surface area contributed by atoms with Crippen LogP contribution in [0.1, 0.15) is 18.4 Å². The molecule has 3 aromatic rings. The van der Waals surface area contributed by atoms with Crippen molar-refractivity contribution in [2.24, 2.45) is 5.92 Å². The summed E-state index contributed by atoms with van der Waals surface area (Å²) in [5.74, 6) is 0.826. The van der Waals surface area contributed by atoms with Crippen molar-refractivity contribution < 1.29 is 22.7 Å². The maximum atomic E-state index is 13.3. The van der Waals surface area contributed by atoms with Crippen LogP contribution < -0.4 is 14.8 Å². The van der Waals surface area contributed by atoms with E-state index in [1.807, 2.05) is 48.5 Å². The van der Waals surface area contributed by atoms with E-state index >= 15 is 0 Å². The minimum Gasteiger partial charge on any atom is -0.493 e. The monoisotopic (exact) mass is 482 g/mol. The molecule has 0 bridgehead atoms. The highest BCUT2D eigenvalue weighted by Crippen LogP contribution is 2.28. The van der Waals surface area contributed by atoms with Gasteiger partial charge in [0.15, 0.2) is 11.5 Å². The van der Waals surface area contributed by atoms with Gasteiger partial charge in [0.1, 0.15) is 0 Å². The van der Waals surface area contributed by atoms with Crippen LogP contribution >= 0.6 is 0 Å². The van der Waals surface area contributed by atoms with Crippen LogP contribution in [0.2, 0.25) is 0 Å². The molecule has 0 aliphatic carbocycles. The Balaban J connectivity index is 1.37. The predicted octanol–water partition coefficient (Wildman–Crippen LogP) is 3.62. The molecule has 0 spiro atoms. The Hall–Kier alpha value is -3.10. The number of ether oxygens (including phenoxy) is 2. The van der Waals surface area contributed by atoms with Gasteiger partial charge in [-0.2, -0.15) is 4.31 Å². The van der Waals surface area contributed by atoms with E-state index < -0.39 is 10.0 Å². The molecule has 1 aliphatic heterocycles. The summed E-state index contributed by atoms with van der Waals surface area (Å²) in [7, 11) is -0.494. The first kappa shape index (κ1) is 24.0. The summed E-state index contributed by atoms with van der Waals surface area (Å²) in [6.07, 6.45) is 1.96. The van der Waals surface area contributed by atoms with Crippen molar-refractivity contribution in [2.45, 2.75) is 24.2 Å². The second-order valence-electron chi connectivity index (χ2n) is 8.44.